The molecular formula is C16H24N2O3. The van der Waals surface area contributed by atoms with E-state index in [1.807, 2.05) is 38.1 Å². The lowest BCUT2D eigenvalue weighted by Crippen LogP contribution is -2.41. The molecule has 0 unspecified atom stereocenters. The Morgan fingerprint density at radius 2 is 1.81 bits per heavy atom. The Morgan fingerprint density at radius 1 is 1.24 bits per heavy atom. The van der Waals surface area contributed by atoms with Gasteiger partial charge in [-0.15, -0.1) is 0 Å². The molecule has 1 heterocycles. The summed E-state index contributed by atoms with van der Waals surface area (Å²) in [6.45, 7) is 5.58. The van der Waals surface area contributed by atoms with Crippen LogP contribution in [0.5, 0.6) is 0 Å². The highest BCUT2D eigenvalue weighted by molar-refractivity contribution is 5.95. The SMILES string of the molecule is CCC(CC)(CN)C(=O)Nc1ccc(C2OCCO2)cc1. The lowest BCUT2D eigenvalue weighted by molar-refractivity contribution is -0.125. The van der Waals surface area contributed by atoms with Gasteiger partial charge in [-0.3, -0.25) is 4.79 Å². The van der Waals surface area contributed by atoms with E-state index in [0.29, 0.717) is 19.8 Å². The number of nitrogens with two attached hydrogens (primary N) is 1. The molecule has 0 spiro atoms. The maximum Gasteiger partial charge on any atom is 0.231 e. The van der Waals surface area contributed by atoms with Crippen LogP contribution in [0.1, 0.15) is 38.5 Å². The Morgan fingerprint density at radius 3 is 2.29 bits per heavy atom. The second-order valence-electron chi connectivity index (χ2n) is 5.34. The summed E-state index contributed by atoms with van der Waals surface area (Å²) in [5.41, 5.74) is 7.03. The highest BCUT2D eigenvalue weighted by atomic mass is 16.7. The Bertz CT molecular complexity index is 455. The molecule has 116 valence electrons. The first-order chi connectivity index (χ1) is 10.1. The minimum atomic E-state index is -0.490. The maximum atomic E-state index is 12.4. The molecule has 0 atom stereocenters. The van der Waals surface area contributed by atoms with Gasteiger partial charge in [0.15, 0.2) is 6.29 Å². The number of benzene rings is 1. The number of hydrogen-bond acceptors (Lipinski definition) is 4. The fourth-order valence-electron chi connectivity index (χ4n) is 2.49. The minimum absolute atomic E-state index is 0.0175. The van der Waals surface area contributed by atoms with E-state index < -0.39 is 5.41 Å². The quantitative estimate of drug-likeness (QED) is 0.844. The van der Waals surface area contributed by atoms with E-state index in [4.69, 9.17) is 15.2 Å². The monoisotopic (exact) mass is 292 g/mol. The predicted molar refractivity (Wildman–Crippen MR) is 81.8 cm³/mol. The molecule has 1 aliphatic rings. The van der Waals surface area contributed by atoms with Gasteiger partial charge in [0.2, 0.25) is 5.91 Å². The van der Waals surface area contributed by atoms with Crippen molar-refractivity contribution in [1.29, 1.82) is 0 Å². The van der Waals surface area contributed by atoms with Crippen molar-refractivity contribution in [2.75, 3.05) is 25.1 Å². The third-order valence-electron chi connectivity index (χ3n) is 4.29. The van der Waals surface area contributed by atoms with E-state index in [2.05, 4.69) is 5.32 Å². The van der Waals surface area contributed by atoms with E-state index in [9.17, 15) is 4.79 Å². The lowest BCUT2D eigenvalue weighted by Gasteiger charge is -2.28. The van der Waals surface area contributed by atoms with Crippen molar-refractivity contribution >= 4 is 11.6 Å². The van der Waals surface area contributed by atoms with Crippen molar-refractivity contribution in [3.8, 4) is 0 Å². The third-order valence-corrected chi connectivity index (χ3v) is 4.29. The zero-order valence-corrected chi connectivity index (χ0v) is 12.7. The van der Waals surface area contributed by atoms with Crippen molar-refractivity contribution in [2.45, 2.75) is 33.0 Å². The Balaban J connectivity index is 2.04. The van der Waals surface area contributed by atoms with Crippen molar-refractivity contribution in [3.63, 3.8) is 0 Å². The van der Waals surface area contributed by atoms with Crippen LogP contribution < -0.4 is 11.1 Å². The molecule has 1 aromatic carbocycles. The van der Waals surface area contributed by atoms with Gasteiger partial charge < -0.3 is 20.5 Å². The molecule has 1 aromatic rings. The van der Waals surface area contributed by atoms with Gasteiger partial charge in [-0.2, -0.15) is 0 Å². The normalized spacial score (nSPS) is 16.1. The topological polar surface area (TPSA) is 73.6 Å². The molecular weight excluding hydrogens is 268 g/mol. The van der Waals surface area contributed by atoms with Crippen molar-refractivity contribution in [3.05, 3.63) is 29.8 Å². The smallest absolute Gasteiger partial charge is 0.231 e. The molecule has 3 N–H and O–H groups in total. The molecule has 0 bridgehead atoms. The van der Waals surface area contributed by atoms with Crippen LogP contribution >= 0.6 is 0 Å². The first kappa shape index (κ1) is 15.9. The lowest BCUT2D eigenvalue weighted by atomic mass is 9.81. The van der Waals surface area contributed by atoms with E-state index in [-0.39, 0.29) is 12.2 Å². The Kier molecular flexibility index (Phi) is 5.33. The van der Waals surface area contributed by atoms with Crippen LogP contribution in [0.15, 0.2) is 24.3 Å². The summed E-state index contributed by atoms with van der Waals surface area (Å²) in [6, 6.07) is 7.55. The third kappa shape index (κ3) is 3.43. The zero-order valence-electron chi connectivity index (χ0n) is 12.7. The molecule has 0 radical (unpaired) electrons. The predicted octanol–water partition coefficient (Wildman–Crippen LogP) is 2.44. The van der Waals surface area contributed by atoms with E-state index in [0.717, 1.165) is 24.1 Å². The van der Waals surface area contributed by atoms with Gasteiger partial charge in [0.1, 0.15) is 0 Å². The van der Waals surface area contributed by atoms with E-state index in [1.54, 1.807) is 0 Å². The number of rotatable bonds is 6. The van der Waals surface area contributed by atoms with Crippen LogP contribution in [0.3, 0.4) is 0 Å². The number of nitrogens with one attached hydrogen (secondary N) is 1. The first-order valence-electron chi connectivity index (χ1n) is 7.50. The highest BCUT2D eigenvalue weighted by Crippen LogP contribution is 2.28. The van der Waals surface area contributed by atoms with Crippen LogP contribution in [0.2, 0.25) is 0 Å². The number of ether oxygens (including phenoxy) is 2. The van der Waals surface area contributed by atoms with Gasteiger partial charge in [0.05, 0.1) is 18.6 Å². The van der Waals surface area contributed by atoms with Gasteiger partial charge in [0, 0.05) is 17.8 Å². The molecule has 1 fully saturated rings. The molecule has 5 heteroatoms. The average molecular weight is 292 g/mol. The molecule has 1 saturated heterocycles. The number of carbonyl (C=O) groups is 1. The number of amides is 1. The minimum Gasteiger partial charge on any atom is -0.346 e. The summed E-state index contributed by atoms with van der Waals surface area (Å²) in [4.78, 5) is 12.4. The van der Waals surface area contributed by atoms with Crippen molar-refractivity contribution in [1.82, 2.24) is 0 Å². The number of anilines is 1. The van der Waals surface area contributed by atoms with Crippen LogP contribution in [-0.4, -0.2) is 25.7 Å². The summed E-state index contributed by atoms with van der Waals surface area (Å²) in [7, 11) is 0. The van der Waals surface area contributed by atoms with Crippen LogP contribution in [0.4, 0.5) is 5.69 Å². The molecule has 1 amide bonds. The van der Waals surface area contributed by atoms with Gasteiger partial charge in [0.25, 0.3) is 0 Å². The standard InChI is InChI=1S/C16H24N2O3/c1-3-16(4-2,11-17)15(19)18-13-7-5-12(6-8-13)14-20-9-10-21-14/h5-8,14H,3-4,9-11,17H2,1-2H3,(H,18,19). The fraction of sp³-hybridized carbons (Fsp3) is 0.562. The summed E-state index contributed by atoms with van der Waals surface area (Å²) in [5, 5.41) is 2.95. The summed E-state index contributed by atoms with van der Waals surface area (Å²) >= 11 is 0. The summed E-state index contributed by atoms with van der Waals surface area (Å²) in [6.07, 6.45) is 1.17. The van der Waals surface area contributed by atoms with E-state index >= 15 is 0 Å². The van der Waals surface area contributed by atoms with Crippen LogP contribution in [0.25, 0.3) is 0 Å². The summed E-state index contributed by atoms with van der Waals surface area (Å²) < 4.78 is 10.9. The zero-order chi connectivity index (χ0) is 15.3. The van der Waals surface area contributed by atoms with Crippen molar-refractivity contribution in [2.24, 2.45) is 11.1 Å². The largest absolute Gasteiger partial charge is 0.346 e. The molecule has 0 saturated carbocycles. The number of carbonyl (C=O) groups excluding carboxylic acids is 1. The summed E-state index contributed by atoms with van der Waals surface area (Å²) in [5.74, 6) is -0.0175. The molecule has 0 aliphatic carbocycles. The molecule has 1 aliphatic heterocycles. The molecule has 2 rings (SSSR count). The molecule has 21 heavy (non-hydrogen) atoms. The highest BCUT2D eigenvalue weighted by Gasteiger charge is 2.33. The van der Waals surface area contributed by atoms with Crippen LogP contribution in [-0.2, 0) is 14.3 Å². The first-order valence-corrected chi connectivity index (χ1v) is 7.50. The fourth-order valence-corrected chi connectivity index (χ4v) is 2.49. The van der Waals surface area contributed by atoms with E-state index in [1.165, 1.54) is 0 Å². The van der Waals surface area contributed by atoms with Crippen LogP contribution in [0, 0.1) is 5.41 Å². The second-order valence-corrected chi connectivity index (χ2v) is 5.34. The second kappa shape index (κ2) is 7.02. The average Bonchev–Trinajstić information content (AvgIpc) is 3.05. The molecule has 0 aromatic heterocycles. The Hall–Kier alpha value is -1.43. The molecule has 5 nitrogen and oxygen atoms in total. The van der Waals surface area contributed by atoms with Gasteiger partial charge >= 0.3 is 0 Å². The maximum absolute atomic E-state index is 12.4. The number of hydrogen-bond donors (Lipinski definition) is 2. The Labute approximate surface area is 125 Å². The van der Waals surface area contributed by atoms with Crippen molar-refractivity contribution < 1.29 is 14.3 Å². The van der Waals surface area contributed by atoms with Gasteiger partial charge in [-0.1, -0.05) is 26.0 Å². The van der Waals surface area contributed by atoms with Gasteiger partial charge in [-0.05, 0) is 25.0 Å². The van der Waals surface area contributed by atoms with Gasteiger partial charge in [-0.25, -0.2) is 0 Å².